The van der Waals surface area contributed by atoms with Gasteiger partial charge in [-0.1, -0.05) is 12.2 Å². The molecule has 18 heavy (non-hydrogen) atoms. The summed E-state index contributed by atoms with van der Waals surface area (Å²) in [5, 5.41) is 5.71. The van der Waals surface area contributed by atoms with Crippen molar-refractivity contribution in [2.45, 2.75) is 13.3 Å². The minimum absolute atomic E-state index is 0.0380. The van der Waals surface area contributed by atoms with E-state index < -0.39 is 5.82 Å². The predicted molar refractivity (Wildman–Crippen MR) is 74.1 cm³/mol. The number of rotatable bonds is 6. The fourth-order valence-electron chi connectivity index (χ4n) is 1.47. The number of thiocarbonyl (C=S) groups is 1. The number of benzene rings is 1. The molecule has 0 heterocycles. The van der Waals surface area contributed by atoms with E-state index >= 15 is 0 Å². The van der Waals surface area contributed by atoms with Gasteiger partial charge >= 0.3 is 0 Å². The quantitative estimate of drug-likeness (QED) is 0.683. The van der Waals surface area contributed by atoms with Crippen LogP contribution in [0.5, 0.6) is 0 Å². The zero-order valence-electron chi connectivity index (χ0n) is 10.1. The Balaban J connectivity index is 2.62. The fourth-order valence-corrected chi connectivity index (χ4v) is 1.64. The van der Waals surface area contributed by atoms with Crippen molar-refractivity contribution in [2.75, 3.05) is 18.4 Å². The van der Waals surface area contributed by atoms with Crippen LogP contribution in [-0.2, 0) is 4.79 Å². The third-order valence-electron chi connectivity index (χ3n) is 2.29. The molecule has 0 aliphatic rings. The summed E-state index contributed by atoms with van der Waals surface area (Å²) in [5.41, 5.74) is 6.59. The Hall–Kier alpha value is -1.69. The van der Waals surface area contributed by atoms with E-state index in [9.17, 15) is 9.18 Å². The highest BCUT2D eigenvalue weighted by Gasteiger charge is 2.07. The van der Waals surface area contributed by atoms with Crippen molar-refractivity contribution < 1.29 is 9.18 Å². The van der Waals surface area contributed by atoms with Gasteiger partial charge in [0.1, 0.15) is 10.8 Å². The van der Waals surface area contributed by atoms with Crippen molar-refractivity contribution in [1.29, 1.82) is 0 Å². The average Bonchev–Trinajstić information content (AvgIpc) is 2.31. The summed E-state index contributed by atoms with van der Waals surface area (Å²) in [4.78, 5) is 11.4. The molecule has 0 atom stereocenters. The van der Waals surface area contributed by atoms with Gasteiger partial charge in [0, 0.05) is 30.8 Å². The molecule has 0 fully saturated rings. The lowest BCUT2D eigenvalue weighted by Gasteiger charge is -2.11. The van der Waals surface area contributed by atoms with Crippen LogP contribution in [0.4, 0.5) is 10.1 Å². The van der Waals surface area contributed by atoms with E-state index in [2.05, 4.69) is 10.6 Å². The van der Waals surface area contributed by atoms with Crippen molar-refractivity contribution >= 4 is 28.8 Å². The molecule has 6 heteroatoms. The molecule has 1 aromatic carbocycles. The third kappa shape index (κ3) is 4.29. The zero-order chi connectivity index (χ0) is 13.5. The maximum absolute atomic E-state index is 13.1. The Bertz CT molecular complexity index is 451. The van der Waals surface area contributed by atoms with Crippen molar-refractivity contribution in [2.24, 2.45) is 5.73 Å². The molecule has 0 radical (unpaired) electrons. The monoisotopic (exact) mass is 269 g/mol. The maximum atomic E-state index is 13.1. The summed E-state index contributed by atoms with van der Waals surface area (Å²) in [5.74, 6) is -0.434. The first-order chi connectivity index (χ1) is 8.54. The Morgan fingerprint density at radius 1 is 1.50 bits per heavy atom. The molecule has 1 aromatic rings. The van der Waals surface area contributed by atoms with Crippen LogP contribution in [0.3, 0.4) is 0 Å². The molecule has 98 valence electrons. The summed E-state index contributed by atoms with van der Waals surface area (Å²) >= 11 is 4.84. The van der Waals surface area contributed by atoms with E-state index in [1.807, 2.05) is 6.92 Å². The lowest BCUT2D eigenvalue weighted by atomic mass is 10.1. The zero-order valence-corrected chi connectivity index (χ0v) is 10.9. The van der Waals surface area contributed by atoms with Crippen LogP contribution in [0.1, 0.15) is 18.9 Å². The Morgan fingerprint density at radius 2 is 2.22 bits per heavy atom. The number of anilines is 1. The maximum Gasteiger partial charge on any atom is 0.221 e. The Kier molecular flexibility index (Phi) is 5.51. The highest BCUT2D eigenvalue weighted by Crippen LogP contribution is 2.16. The first kappa shape index (κ1) is 14.4. The molecule has 0 aromatic heterocycles. The number of carbonyl (C=O) groups is 1. The molecular weight excluding hydrogens is 253 g/mol. The summed E-state index contributed by atoms with van der Waals surface area (Å²) < 4.78 is 13.1. The Labute approximate surface area is 111 Å². The van der Waals surface area contributed by atoms with Gasteiger partial charge in [0.15, 0.2) is 0 Å². The Morgan fingerprint density at radius 3 is 2.83 bits per heavy atom. The third-order valence-corrected chi connectivity index (χ3v) is 2.51. The van der Waals surface area contributed by atoms with Crippen molar-refractivity contribution in [3.8, 4) is 0 Å². The van der Waals surface area contributed by atoms with Gasteiger partial charge in [-0.3, -0.25) is 4.79 Å². The summed E-state index contributed by atoms with van der Waals surface area (Å²) in [6, 6.07) is 4.15. The van der Waals surface area contributed by atoms with Gasteiger partial charge in [-0.05, 0) is 25.1 Å². The number of hydrogen-bond donors (Lipinski definition) is 3. The summed E-state index contributed by atoms with van der Waals surface area (Å²) in [6.45, 7) is 2.90. The van der Waals surface area contributed by atoms with Gasteiger partial charge in [-0.15, -0.1) is 0 Å². The molecule has 0 saturated heterocycles. The number of halogens is 1. The van der Waals surface area contributed by atoms with Gasteiger partial charge in [0.2, 0.25) is 5.91 Å². The van der Waals surface area contributed by atoms with E-state index in [1.165, 1.54) is 12.1 Å². The van der Waals surface area contributed by atoms with Crippen LogP contribution in [-0.4, -0.2) is 24.0 Å². The second kappa shape index (κ2) is 6.90. The van der Waals surface area contributed by atoms with Gasteiger partial charge in [-0.25, -0.2) is 4.39 Å². The highest BCUT2D eigenvalue weighted by atomic mass is 32.1. The van der Waals surface area contributed by atoms with Crippen LogP contribution < -0.4 is 16.4 Å². The van der Waals surface area contributed by atoms with Gasteiger partial charge in [0.05, 0.1) is 0 Å². The number of nitrogens with one attached hydrogen (secondary N) is 2. The summed E-state index contributed by atoms with van der Waals surface area (Å²) in [7, 11) is 0. The molecule has 0 unspecified atom stereocenters. The highest BCUT2D eigenvalue weighted by molar-refractivity contribution is 7.80. The van der Waals surface area contributed by atoms with Gasteiger partial charge in [-0.2, -0.15) is 0 Å². The van der Waals surface area contributed by atoms with E-state index in [0.29, 0.717) is 30.8 Å². The summed E-state index contributed by atoms with van der Waals surface area (Å²) in [6.07, 6.45) is 0.335. The van der Waals surface area contributed by atoms with Gasteiger partial charge in [0.25, 0.3) is 0 Å². The molecular formula is C12H16FN3OS. The molecule has 4 N–H and O–H groups in total. The number of nitrogens with two attached hydrogens (primary N) is 1. The number of hydrogen-bond acceptors (Lipinski definition) is 3. The minimum atomic E-state index is -0.396. The molecule has 0 saturated carbocycles. The minimum Gasteiger partial charge on any atom is -0.389 e. The van der Waals surface area contributed by atoms with Gasteiger partial charge < -0.3 is 16.4 Å². The molecule has 0 bridgehead atoms. The smallest absolute Gasteiger partial charge is 0.221 e. The van der Waals surface area contributed by atoms with Crippen molar-refractivity contribution in [3.63, 3.8) is 0 Å². The lowest BCUT2D eigenvalue weighted by molar-refractivity contribution is -0.120. The lowest BCUT2D eigenvalue weighted by Crippen LogP contribution is -2.25. The molecule has 1 rings (SSSR count). The topological polar surface area (TPSA) is 67.2 Å². The molecule has 0 aliphatic heterocycles. The largest absolute Gasteiger partial charge is 0.389 e. The van der Waals surface area contributed by atoms with Crippen LogP contribution >= 0.6 is 12.2 Å². The SMILES string of the molecule is CCNC(=O)CCNc1ccc(F)cc1C(N)=S. The standard InChI is InChI=1S/C12H16FN3OS/c1-2-15-11(17)5-6-16-10-4-3-8(13)7-9(10)12(14)18/h3-4,7,16H,2,5-6H2,1H3,(H2,14,18)(H,15,17). The van der Waals surface area contributed by atoms with Crippen molar-refractivity contribution in [1.82, 2.24) is 5.32 Å². The van der Waals surface area contributed by atoms with Crippen LogP contribution in [0.15, 0.2) is 18.2 Å². The average molecular weight is 269 g/mol. The van der Waals surface area contributed by atoms with Crippen LogP contribution in [0.2, 0.25) is 0 Å². The van der Waals surface area contributed by atoms with E-state index in [4.69, 9.17) is 18.0 Å². The van der Waals surface area contributed by atoms with Crippen LogP contribution in [0, 0.1) is 5.82 Å². The first-order valence-corrected chi connectivity index (χ1v) is 6.05. The van der Waals surface area contributed by atoms with Crippen LogP contribution in [0.25, 0.3) is 0 Å². The van der Waals surface area contributed by atoms with Crippen molar-refractivity contribution in [3.05, 3.63) is 29.6 Å². The first-order valence-electron chi connectivity index (χ1n) is 5.64. The van der Waals surface area contributed by atoms with E-state index in [1.54, 1.807) is 6.07 Å². The normalized spacial score (nSPS) is 9.89. The number of amides is 1. The molecule has 0 aliphatic carbocycles. The molecule has 0 spiro atoms. The second-order valence-electron chi connectivity index (χ2n) is 3.68. The second-order valence-corrected chi connectivity index (χ2v) is 4.12. The fraction of sp³-hybridized carbons (Fsp3) is 0.333. The molecule has 4 nitrogen and oxygen atoms in total. The number of carbonyl (C=O) groups excluding carboxylic acids is 1. The van der Waals surface area contributed by atoms with E-state index in [-0.39, 0.29) is 10.9 Å². The van der Waals surface area contributed by atoms with E-state index in [0.717, 1.165) is 0 Å². The molecule has 1 amide bonds. The predicted octanol–water partition coefficient (Wildman–Crippen LogP) is 1.40.